The summed E-state index contributed by atoms with van der Waals surface area (Å²) in [6.45, 7) is 7.71. The summed E-state index contributed by atoms with van der Waals surface area (Å²) in [5.74, 6) is -2.35. The number of likely N-dealkylation sites (tertiary alicyclic amines) is 2. The van der Waals surface area contributed by atoms with Crippen LogP contribution in [0.5, 0.6) is 0 Å². The predicted molar refractivity (Wildman–Crippen MR) is 90.9 cm³/mol. The minimum Gasteiger partial charge on any atom is -0.278 e. The first kappa shape index (κ1) is 15.7. The molecule has 134 valence electrons. The lowest BCUT2D eigenvalue weighted by molar-refractivity contribution is -0.166. The van der Waals surface area contributed by atoms with Crippen LogP contribution in [-0.4, -0.2) is 46.5 Å². The van der Waals surface area contributed by atoms with Crippen LogP contribution in [0.15, 0.2) is 37.5 Å². The molecule has 6 rings (SSSR count). The minimum atomic E-state index is -0.393. The van der Waals surface area contributed by atoms with Gasteiger partial charge in [0.05, 0.1) is 23.7 Å². The van der Waals surface area contributed by atoms with Gasteiger partial charge in [-0.05, 0) is 23.7 Å². The molecule has 26 heavy (non-hydrogen) atoms. The second-order valence-electron chi connectivity index (χ2n) is 7.95. The second-order valence-corrected chi connectivity index (χ2v) is 7.95. The molecule has 6 heteroatoms. The van der Waals surface area contributed by atoms with E-state index >= 15 is 0 Å². The molecule has 2 saturated heterocycles. The lowest BCUT2D eigenvalue weighted by atomic mass is 9.40. The van der Waals surface area contributed by atoms with Gasteiger partial charge < -0.3 is 0 Å². The number of nitrogens with zero attached hydrogens (tertiary/aromatic N) is 2. The van der Waals surface area contributed by atoms with Crippen molar-refractivity contribution in [2.75, 3.05) is 13.1 Å². The number of allylic oxidation sites excluding steroid dienone is 2. The molecule has 0 aromatic carbocycles. The Kier molecular flexibility index (Phi) is 3.04. The van der Waals surface area contributed by atoms with Crippen molar-refractivity contribution in [2.45, 2.75) is 0 Å². The van der Waals surface area contributed by atoms with E-state index in [0.29, 0.717) is 0 Å². The van der Waals surface area contributed by atoms with E-state index in [2.05, 4.69) is 13.2 Å². The van der Waals surface area contributed by atoms with Crippen LogP contribution in [0.25, 0.3) is 0 Å². The molecule has 2 heterocycles. The minimum absolute atomic E-state index is 0.0112. The van der Waals surface area contributed by atoms with Crippen LogP contribution in [0.3, 0.4) is 0 Å². The predicted octanol–water partition coefficient (Wildman–Crippen LogP) is 0.623. The Hall–Kier alpha value is -2.50. The summed E-state index contributed by atoms with van der Waals surface area (Å²) in [6.07, 6.45) is 7.15. The molecule has 8 atom stereocenters. The molecule has 0 N–H and O–H groups in total. The number of fused-ring (bicyclic) bond motifs is 1. The monoisotopic (exact) mass is 352 g/mol. The Morgan fingerprint density at radius 3 is 1.38 bits per heavy atom. The highest BCUT2D eigenvalue weighted by atomic mass is 16.2. The lowest BCUT2D eigenvalue weighted by Crippen LogP contribution is -2.63. The van der Waals surface area contributed by atoms with Crippen LogP contribution in [0.2, 0.25) is 0 Å². The van der Waals surface area contributed by atoms with E-state index in [4.69, 9.17) is 0 Å². The van der Waals surface area contributed by atoms with E-state index < -0.39 is 11.8 Å². The first-order chi connectivity index (χ1) is 12.5. The van der Waals surface area contributed by atoms with Gasteiger partial charge in [-0.1, -0.05) is 24.3 Å². The highest BCUT2D eigenvalue weighted by Crippen LogP contribution is 2.68. The highest BCUT2D eigenvalue weighted by Gasteiger charge is 2.74. The molecular weight excluding hydrogens is 332 g/mol. The molecule has 0 unspecified atom stereocenters. The SMILES string of the molecule is C=CCN1C(=O)[C@@H]2[C@H]3C=C[C@H]([C@@H]2C1=O)[C@@H]1[C@H]2C(=O)N(CC=C)C(=O)[C@@H]2[C@@H]31. The average Bonchev–Trinajstić information content (AvgIpc) is 2.97. The van der Waals surface area contributed by atoms with E-state index in [1.165, 1.54) is 9.80 Å². The zero-order valence-corrected chi connectivity index (χ0v) is 14.3. The molecule has 4 amide bonds. The van der Waals surface area contributed by atoms with Gasteiger partial charge in [0.15, 0.2) is 0 Å². The third-order valence-corrected chi connectivity index (χ3v) is 7.15. The lowest BCUT2D eigenvalue weighted by Gasteiger charge is -2.60. The van der Waals surface area contributed by atoms with Crippen LogP contribution in [0.1, 0.15) is 0 Å². The quantitative estimate of drug-likeness (QED) is 0.549. The fourth-order valence-corrected chi connectivity index (χ4v) is 6.34. The Morgan fingerprint density at radius 1 is 0.692 bits per heavy atom. The molecule has 0 aromatic rings. The fraction of sp³-hybridized carbons (Fsp3) is 0.500. The Labute approximate surface area is 151 Å². The van der Waals surface area contributed by atoms with E-state index in [0.717, 1.165) is 0 Å². The summed E-state index contributed by atoms with van der Waals surface area (Å²) < 4.78 is 0. The summed E-state index contributed by atoms with van der Waals surface area (Å²) in [5.41, 5.74) is 0. The molecule has 4 fully saturated rings. The van der Waals surface area contributed by atoms with Gasteiger partial charge in [-0.25, -0.2) is 0 Å². The molecule has 6 aliphatic rings. The van der Waals surface area contributed by atoms with Gasteiger partial charge in [-0.3, -0.25) is 29.0 Å². The van der Waals surface area contributed by atoms with Crippen molar-refractivity contribution in [2.24, 2.45) is 47.3 Å². The van der Waals surface area contributed by atoms with Crippen LogP contribution in [-0.2, 0) is 19.2 Å². The summed E-state index contributed by atoms with van der Waals surface area (Å²) in [7, 11) is 0. The summed E-state index contributed by atoms with van der Waals surface area (Å²) in [5, 5.41) is 0. The zero-order valence-electron chi connectivity index (χ0n) is 14.3. The van der Waals surface area contributed by atoms with Crippen LogP contribution in [0, 0.1) is 47.3 Å². The number of carbonyl (C=O) groups is 4. The van der Waals surface area contributed by atoms with E-state index in [-0.39, 0.29) is 72.2 Å². The van der Waals surface area contributed by atoms with Gasteiger partial charge in [0.25, 0.3) is 0 Å². The van der Waals surface area contributed by atoms with Crippen molar-refractivity contribution in [1.29, 1.82) is 0 Å². The summed E-state index contributed by atoms with van der Waals surface area (Å²) in [4.78, 5) is 53.8. The average molecular weight is 352 g/mol. The van der Waals surface area contributed by atoms with Crippen molar-refractivity contribution >= 4 is 23.6 Å². The van der Waals surface area contributed by atoms with Crippen molar-refractivity contribution in [3.05, 3.63) is 37.5 Å². The molecule has 2 saturated carbocycles. The Balaban J connectivity index is 1.53. The third kappa shape index (κ3) is 1.54. The number of imide groups is 2. The Morgan fingerprint density at radius 2 is 1.04 bits per heavy atom. The molecule has 2 aliphatic heterocycles. The normalized spacial score (nSPS) is 44.8. The van der Waals surface area contributed by atoms with Gasteiger partial charge >= 0.3 is 0 Å². The molecule has 0 spiro atoms. The molecule has 0 aromatic heterocycles. The van der Waals surface area contributed by atoms with E-state index in [9.17, 15) is 19.2 Å². The summed E-state index contributed by atoms with van der Waals surface area (Å²) >= 11 is 0. The maximum atomic E-state index is 12.9. The van der Waals surface area contributed by atoms with Crippen LogP contribution >= 0.6 is 0 Å². The largest absolute Gasteiger partial charge is 0.278 e. The van der Waals surface area contributed by atoms with Gasteiger partial charge in [0, 0.05) is 13.1 Å². The first-order valence-corrected chi connectivity index (χ1v) is 9.13. The highest BCUT2D eigenvalue weighted by molar-refractivity contribution is 6.09. The van der Waals surface area contributed by atoms with E-state index in [1.54, 1.807) is 12.2 Å². The topological polar surface area (TPSA) is 74.8 Å². The molecular formula is C20H20N2O4. The van der Waals surface area contributed by atoms with E-state index in [1.807, 2.05) is 12.2 Å². The number of hydrogen-bond donors (Lipinski definition) is 0. The maximum absolute atomic E-state index is 12.9. The molecule has 4 aliphatic carbocycles. The standard InChI is InChI=1S/C20H20N2O4/c1-3-7-21-17(23)13-9-5-6-10(14(13)18(21)24)12-11(9)15-16(12)20(26)22(8-4-2)19(15)25/h3-6,9-16H,1-2,7-8H2/t9-,10-,11-,12-,13-,14+,15+,16+/m0/s1. The number of carbonyl (C=O) groups excluding carboxylic acids is 4. The number of hydrogen-bond acceptors (Lipinski definition) is 4. The summed E-state index contributed by atoms with van der Waals surface area (Å²) in [6, 6.07) is 0. The maximum Gasteiger partial charge on any atom is 0.234 e. The molecule has 6 nitrogen and oxygen atoms in total. The van der Waals surface area contributed by atoms with Crippen molar-refractivity contribution in [1.82, 2.24) is 9.80 Å². The fourth-order valence-electron chi connectivity index (χ4n) is 6.34. The van der Waals surface area contributed by atoms with Gasteiger partial charge in [0.1, 0.15) is 0 Å². The van der Waals surface area contributed by atoms with Crippen molar-refractivity contribution < 1.29 is 19.2 Å². The van der Waals surface area contributed by atoms with Crippen LogP contribution in [0.4, 0.5) is 0 Å². The van der Waals surface area contributed by atoms with Crippen molar-refractivity contribution in [3.8, 4) is 0 Å². The van der Waals surface area contributed by atoms with Gasteiger partial charge in [-0.15, -0.1) is 13.2 Å². The first-order valence-electron chi connectivity index (χ1n) is 9.13. The number of amides is 4. The second kappa shape index (κ2) is 5.02. The van der Waals surface area contributed by atoms with Crippen molar-refractivity contribution in [3.63, 3.8) is 0 Å². The molecule has 2 bridgehead atoms. The molecule has 0 radical (unpaired) electrons. The smallest absolute Gasteiger partial charge is 0.234 e. The van der Waals surface area contributed by atoms with Gasteiger partial charge in [0.2, 0.25) is 23.6 Å². The van der Waals surface area contributed by atoms with Crippen LogP contribution < -0.4 is 0 Å². The zero-order chi connectivity index (χ0) is 18.3. The van der Waals surface area contributed by atoms with Gasteiger partial charge in [-0.2, -0.15) is 0 Å². The number of rotatable bonds is 4. The third-order valence-electron chi connectivity index (χ3n) is 7.15. The Bertz CT molecular complexity index is 759.